The van der Waals surface area contributed by atoms with Gasteiger partial charge in [-0.1, -0.05) is 74.0 Å². The maximum Gasteiger partial charge on any atom is 0.251 e. The highest BCUT2D eigenvalue weighted by Gasteiger charge is 2.26. The molecule has 2 amide bonds. The number of rotatable bonds is 13. The molecule has 0 bridgehead atoms. The van der Waals surface area contributed by atoms with E-state index in [9.17, 15) is 9.59 Å². The van der Waals surface area contributed by atoms with Crippen LogP contribution in [0.1, 0.15) is 67.8 Å². The lowest BCUT2D eigenvalue weighted by molar-refractivity contribution is -0.132. The molecule has 2 N–H and O–H groups in total. The molecule has 3 aromatic rings. The van der Waals surface area contributed by atoms with Gasteiger partial charge in [0.1, 0.15) is 0 Å². The molecule has 3 atom stereocenters. The maximum absolute atomic E-state index is 13.8. The summed E-state index contributed by atoms with van der Waals surface area (Å²) in [6, 6.07) is 23.9. The third-order valence-electron chi connectivity index (χ3n) is 8.18. The fraction of sp³-hybridized carbons (Fsp3) is 0.471. The number of fused-ring (bicyclic) bond motifs is 1. The van der Waals surface area contributed by atoms with Crippen LogP contribution >= 0.6 is 0 Å². The van der Waals surface area contributed by atoms with Gasteiger partial charge in [0.2, 0.25) is 5.91 Å². The van der Waals surface area contributed by atoms with Crippen molar-refractivity contribution in [3.63, 3.8) is 0 Å². The molecule has 1 heterocycles. The number of piperidine rings is 1. The van der Waals surface area contributed by atoms with Gasteiger partial charge in [0.15, 0.2) is 0 Å². The highest BCUT2D eigenvalue weighted by molar-refractivity contribution is 5.98. The first kappa shape index (κ1) is 29.8. The van der Waals surface area contributed by atoms with Crippen LogP contribution in [-0.4, -0.2) is 73.5 Å². The molecule has 0 aromatic heterocycles. The molecule has 214 valence electrons. The second-order valence-electron chi connectivity index (χ2n) is 11.3. The van der Waals surface area contributed by atoms with Gasteiger partial charge in [-0.25, -0.2) is 0 Å². The van der Waals surface area contributed by atoms with E-state index in [-0.39, 0.29) is 23.9 Å². The maximum atomic E-state index is 13.8. The van der Waals surface area contributed by atoms with Crippen LogP contribution in [0.25, 0.3) is 10.8 Å². The van der Waals surface area contributed by atoms with Gasteiger partial charge in [-0.15, -0.1) is 0 Å². The van der Waals surface area contributed by atoms with Crippen LogP contribution in [0.2, 0.25) is 0 Å². The van der Waals surface area contributed by atoms with Crippen molar-refractivity contribution in [2.75, 3.05) is 39.8 Å². The van der Waals surface area contributed by atoms with E-state index in [1.165, 1.54) is 24.8 Å². The molecule has 0 radical (unpaired) electrons. The van der Waals surface area contributed by atoms with Gasteiger partial charge >= 0.3 is 0 Å². The Bertz CT molecular complexity index is 1220. The fourth-order valence-corrected chi connectivity index (χ4v) is 5.74. The summed E-state index contributed by atoms with van der Waals surface area (Å²) in [6.45, 7) is 8.49. The monoisotopic (exact) mass is 542 g/mol. The fourth-order valence-electron chi connectivity index (χ4n) is 5.74. The first-order chi connectivity index (χ1) is 19.4. The van der Waals surface area contributed by atoms with Crippen LogP contribution in [0, 0.1) is 0 Å². The van der Waals surface area contributed by atoms with E-state index >= 15 is 0 Å². The number of nitrogens with zero attached hydrogens (tertiary/aromatic N) is 2. The zero-order chi connectivity index (χ0) is 28.3. The molecule has 1 fully saturated rings. The van der Waals surface area contributed by atoms with Crippen LogP contribution in [0.15, 0.2) is 72.8 Å². The number of nitrogens with one attached hydrogen (secondary N) is 2. The summed E-state index contributed by atoms with van der Waals surface area (Å²) in [5.74, 6) is 0.331. The first-order valence-corrected chi connectivity index (χ1v) is 15.0. The summed E-state index contributed by atoms with van der Waals surface area (Å²) < 4.78 is 0. The Hall–Kier alpha value is -3.22. The Morgan fingerprint density at radius 2 is 1.62 bits per heavy atom. The van der Waals surface area contributed by atoms with Crippen molar-refractivity contribution in [2.45, 2.75) is 64.0 Å². The van der Waals surface area contributed by atoms with E-state index in [4.69, 9.17) is 0 Å². The van der Waals surface area contributed by atoms with Crippen molar-refractivity contribution >= 4 is 22.6 Å². The summed E-state index contributed by atoms with van der Waals surface area (Å²) in [5.41, 5.74) is 1.92. The molecular formula is C34H46N4O2. The second-order valence-corrected chi connectivity index (χ2v) is 11.3. The third-order valence-corrected chi connectivity index (χ3v) is 8.18. The number of carbonyl (C=O) groups is 2. The number of carbonyl (C=O) groups excluding carboxylic acids is 2. The molecular weight excluding hydrogens is 496 g/mol. The lowest BCUT2D eigenvalue weighted by Gasteiger charge is -2.32. The molecule has 0 spiro atoms. The van der Waals surface area contributed by atoms with Crippen LogP contribution in [0.5, 0.6) is 0 Å². The predicted octanol–water partition coefficient (Wildman–Crippen LogP) is 5.44. The van der Waals surface area contributed by atoms with Crippen LogP contribution in [-0.2, 0) is 4.79 Å². The SMILES string of the molecule is CC[C@H](CN(C)C(=O)[C@H](CCN1CCCCC1)NC(C)CNC(=O)c1ccc2ccccc2c1)c1ccccc1. The number of hydrogen-bond donors (Lipinski definition) is 2. The molecule has 1 unspecified atom stereocenters. The van der Waals surface area contributed by atoms with Gasteiger partial charge in [0.25, 0.3) is 5.91 Å². The minimum atomic E-state index is -0.298. The van der Waals surface area contributed by atoms with E-state index in [2.05, 4.69) is 46.7 Å². The van der Waals surface area contributed by atoms with Gasteiger partial charge in [-0.05, 0) is 74.2 Å². The van der Waals surface area contributed by atoms with Crippen molar-refractivity contribution in [1.29, 1.82) is 0 Å². The Morgan fingerprint density at radius 1 is 0.925 bits per heavy atom. The zero-order valence-corrected chi connectivity index (χ0v) is 24.4. The van der Waals surface area contributed by atoms with Crippen molar-refractivity contribution in [3.8, 4) is 0 Å². The topological polar surface area (TPSA) is 64.7 Å². The van der Waals surface area contributed by atoms with Gasteiger partial charge in [0, 0.05) is 44.2 Å². The third kappa shape index (κ3) is 8.39. The highest BCUT2D eigenvalue weighted by atomic mass is 16.2. The number of hydrogen-bond acceptors (Lipinski definition) is 4. The number of amides is 2. The first-order valence-electron chi connectivity index (χ1n) is 15.0. The molecule has 40 heavy (non-hydrogen) atoms. The Balaban J connectivity index is 1.37. The molecule has 1 aliphatic rings. The van der Waals surface area contributed by atoms with Crippen molar-refractivity contribution in [1.82, 2.24) is 20.4 Å². The molecule has 3 aromatic carbocycles. The average Bonchev–Trinajstić information content (AvgIpc) is 3.00. The van der Waals surface area contributed by atoms with E-state index in [0.717, 1.165) is 43.2 Å². The molecule has 4 rings (SSSR count). The molecule has 6 nitrogen and oxygen atoms in total. The Labute approximate surface area is 240 Å². The van der Waals surface area contributed by atoms with Gasteiger partial charge in [0.05, 0.1) is 6.04 Å². The van der Waals surface area contributed by atoms with E-state index in [0.29, 0.717) is 24.6 Å². The smallest absolute Gasteiger partial charge is 0.251 e. The van der Waals surface area contributed by atoms with Crippen LogP contribution in [0.3, 0.4) is 0 Å². The number of likely N-dealkylation sites (N-methyl/N-ethyl adjacent to an activating group) is 1. The lowest BCUT2D eigenvalue weighted by Crippen LogP contribution is -2.52. The second kappa shape index (κ2) is 15.0. The molecule has 0 aliphatic carbocycles. The van der Waals surface area contributed by atoms with E-state index in [1.54, 1.807) is 0 Å². The van der Waals surface area contributed by atoms with Gasteiger partial charge in [-0.3, -0.25) is 9.59 Å². The number of benzene rings is 3. The quantitative estimate of drug-likeness (QED) is 0.302. The summed E-state index contributed by atoms with van der Waals surface area (Å²) >= 11 is 0. The molecule has 6 heteroatoms. The minimum Gasteiger partial charge on any atom is -0.350 e. The summed E-state index contributed by atoms with van der Waals surface area (Å²) in [7, 11) is 1.93. The average molecular weight is 543 g/mol. The van der Waals surface area contributed by atoms with Gasteiger partial charge in [-0.2, -0.15) is 0 Å². The van der Waals surface area contributed by atoms with Crippen molar-refractivity contribution in [3.05, 3.63) is 83.9 Å². The van der Waals surface area contributed by atoms with Crippen LogP contribution in [0.4, 0.5) is 0 Å². The largest absolute Gasteiger partial charge is 0.350 e. The number of likely N-dealkylation sites (tertiary alicyclic amines) is 1. The summed E-state index contributed by atoms with van der Waals surface area (Å²) in [6.07, 6.45) is 5.50. The zero-order valence-electron chi connectivity index (χ0n) is 24.4. The molecule has 1 saturated heterocycles. The normalized spacial score (nSPS) is 16.3. The summed E-state index contributed by atoms with van der Waals surface area (Å²) in [5, 5.41) is 8.81. The van der Waals surface area contributed by atoms with Gasteiger partial charge < -0.3 is 20.4 Å². The van der Waals surface area contributed by atoms with Crippen LogP contribution < -0.4 is 10.6 Å². The predicted molar refractivity (Wildman–Crippen MR) is 165 cm³/mol. The Morgan fingerprint density at radius 3 is 2.35 bits per heavy atom. The Kier molecular flexibility index (Phi) is 11.1. The minimum absolute atomic E-state index is 0.0517. The summed E-state index contributed by atoms with van der Waals surface area (Å²) in [4.78, 5) is 31.1. The van der Waals surface area contributed by atoms with Crippen molar-refractivity contribution < 1.29 is 9.59 Å². The standard InChI is InChI=1S/C34H46N4O2/c1-4-27(28-13-7-5-8-14-28)25-37(3)34(40)32(19-22-38-20-11-6-12-21-38)36-26(2)24-35-33(39)31-18-17-29-15-9-10-16-30(29)23-31/h5,7-10,13-18,23,26-27,32,36H,4,6,11-12,19-22,24-25H2,1-3H3,(H,35,39)/t26?,27-,32+/m1/s1. The van der Waals surface area contributed by atoms with E-state index < -0.39 is 0 Å². The molecule has 1 aliphatic heterocycles. The molecule has 0 saturated carbocycles. The van der Waals surface area contributed by atoms with E-state index in [1.807, 2.05) is 67.4 Å². The van der Waals surface area contributed by atoms with Crippen molar-refractivity contribution in [2.24, 2.45) is 0 Å². The highest BCUT2D eigenvalue weighted by Crippen LogP contribution is 2.21. The lowest BCUT2D eigenvalue weighted by atomic mass is 9.95.